The first-order valence-corrected chi connectivity index (χ1v) is 4.72. The molecule has 0 aromatic rings. The van der Waals surface area contributed by atoms with E-state index >= 15 is 0 Å². The fourth-order valence-electron chi connectivity index (χ4n) is 1.04. The van der Waals surface area contributed by atoms with Gasteiger partial charge in [-0.3, -0.25) is 4.79 Å². The second-order valence-corrected chi connectivity index (χ2v) is 2.64. The van der Waals surface area contributed by atoms with Gasteiger partial charge in [0.05, 0.1) is 19.6 Å². The molecule has 13 heavy (non-hydrogen) atoms. The Hall–Kier alpha value is -0.610. The number of nitrogens with zero attached hydrogens (tertiary/aromatic N) is 1. The van der Waals surface area contributed by atoms with E-state index in [0.29, 0.717) is 32.7 Å². The van der Waals surface area contributed by atoms with E-state index in [9.17, 15) is 4.79 Å². The molecule has 0 bridgehead atoms. The predicted molar refractivity (Wildman–Crippen MR) is 50.4 cm³/mol. The number of aliphatic hydroxyl groups excluding tert-OH is 1. The minimum Gasteiger partial charge on any atom is -0.395 e. The Morgan fingerprint density at radius 1 is 1.46 bits per heavy atom. The van der Waals surface area contributed by atoms with Gasteiger partial charge in [0.25, 0.3) is 0 Å². The molecule has 0 fully saturated rings. The summed E-state index contributed by atoms with van der Waals surface area (Å²) in [4.78, 5) is 13.0. The number of rotatable bonds is 7. The summed E-state index contributed by atoms with van der Waals surface area (Å²) in [5, 5.41) is 8.66. The Labute approximate surface area is 79.5 Å². The average molecular weight is 189 g/mol. The largest absolute Gasteiger partial charge is 0.395 e. The number of hydrogen-bond donors (Lipinski definition) is 1. The van der Waals surface area contributed by atoms with Gasteiger partial charge < -0.3 is 14.7 Å². The van der Waals surface area contributed by atoms with E-state index in [2.05, 4.69) is 0 Å². The van der Waals surface area contributed by atoms with Crippen molar-refractivity contribution < 1.29 is 14.6 Å². The van der Waals surface area contributed by atoms with E-state index in [4.69, 9.17) is 9.84 Å². The highest BCUT2D eigenvalue weighted by molar-refractivity contribution is 5.76. The second kappa shape index (κ2) is 8.01. The highest BCUT2D eigenvalue weighted by atomic mass is 16.5. The highest BCUT2D eigenvalue weighted by Gasteiger charge is 2.09. The van der Waals surface area contributed by atoms with Gasteiger partial charge in [0.1, 0.15) is 0 Å². The van der Waals surface area contributed by atoms with E-state index in [1.54, 1.807) is 4.90 Å². The van der Waals surface area contributed by atoms with E-state index in [-0.39, 0.29) is 12.5 Å². The van der Waals surface area contributed by atoms with E-state index in [1.807, 2.05) is 13.8 Å². The molecule has 0 saturated carbocycles. The number of likely N-dealkylation sites (N-methyl/N-ethyl adjacent to an activating group) is 1. The molecule has 0 saturated heterocycles. The molecular weight excluding hydrogens is 170 g/mol. The van der Waals surface area contributed by atoms with Crippen LogP contribution in [0.25, 0.3) is 0 Å². The van der Waals surface area contributed by atoms with Gasteiger partial charge in [-0.25, -0.2) is 0 Å². The van der Waals surface area contributed by atoms with Gasteiger partial charge >= 0.3 is 0 Å². The fraction of sp³-hybridized carbons (Fsp3) is 0.889. The predicted octanol–water partition coefficient (Wildman–Crippen LogP) is 0.254. The van der Waals surface area contributed by atoms with Crippen molar-refractivity contribution in [3.8, 4) is 0 Å². The highest BCUT2D eigenvalue weighted by Crippen LogP contribution is 1.94. The molecule has 1 amide bonds. The summed E-state index contributed by atoms with van der Waals surface area (Å²) in [6, 6.07) is 0. The summed E-state index contributed by atoms with van der Waals surface area (Å²) in [7, 11) is 0. The lowest BCUT2D eigenvalue weighted by Crippen LogP contribution is -2.33. The Bertz CT molecular complexity index is 139. The van der Waals surface area contributed by atoms with Crippen LogP contribution >= 0.6 is 0 Å². The van der Waals surface area contributed by atoms with Crippen LogP contribution in [-0.4, -0.2) is 48.8 Å². The lowest BCUT2D eigenvalue weighted by molar-refractivity contribution is -0.132. The van der Waals surface area contributed by atoms with Crippen molar-refractivity contribution >= 4 is 5.91 Å². The van der Waals surface area contributed by atoms with Gasteiger partial charge in [0, 0.05) is 19.7 Å². The number of carbonyl (C=O) groups is 1. The fourth-order valence-corrected chi connectivity index (χ4v) is 1.04. The number of carbonyl (C=O) groups excluding carboxylic acids is 1. The minimum absolute atomic E-state index is 0.0220. The third kappa shape index (κ3) is 5.60. The van der Waals surface area contributed by atoms with Crippen LogP contribution in [0.2, 0.25) is 0 Å². The van der Waals surface area contributed by atoms with Crippen LogP contribution in [0.5, 0.6) is 0 Å². The third-order valence-corrected chi connectivity index (χ3v) is 1.77. The molecular formula is C9H19NO3. The smallest absolute Gasteiger partial charge is 0.224 e. The summed E-state index contributed by atoms with van der Waals surface area (Å²) in [6.45, 7) is 5.99. The molecule has 0 aliphatic carbocycles. The van der Waals surface area contributed by atoms with Crippen molar-refractivity contribution in [2.45, 2.75) is 20.3 Å². The summed E-state index contributed by atoms with van der Waals surface area (Å²) < 4.78 is 5.07. The molecule has 4 nitrogen and oxygen atoms in total. The maximum Gasteiger partial charge on any atom is 0.224 e. The molecule has 0 aliphatic heterocycles. The lowest BCUT2D eigenvalue weighted by atomic mass is 10.3. The standard InChI is InChI=1S/C9H19NO3/c1-3-10(6-7-11)9(12)5-8-13-4-2/h11H,3-8H2,1-2H3. The quantitative estimate of drug-likeness (QED) is 0.584. The van der Waals surface area contributed by atoms with Gasteiger partial charge in [-0.15, -0.1) is 0 Å². The number of ether oxygens (including phenoxy) is 1. The van der Waals surface area contributed by atoms with Gasteiger partial charge in [0.15, 0.2) is 0 Å². The van der Waals surface area contributed by atoms with Crippen molar-refractivity contribution in [3.63, 3.8) is 0 Å². The molecule has 0 aliphatic rings. The molecule has 0 radical (unpaired) electrons. The van der Waals surface area contributed by atoms with Gasteiger partial charge in [-0.2, -0.15) is 0 Å². The normalized spacial score (nSPS) is 10.1. The van der Waals surface area contributed by atoms with E-state index < -0.39 is 0 Å². The monoisotopic (exact) mass is 189 g/mol. The molecule has 78 valence electrons. The molecule has 4 heteroatoms. The molecule has 0 aromatic carbocycles. The number of hydrogen-bond acceptors (Lipinski definition) is 3. The Kier molecular flexibility index (Phi) is 7.63. The van der Waals surface area contributed by atoms with Crippen LogP contribution < -0.4 is 0 Å². The SMILES string of the molecule is CCOCCC(=O)N(CC)CCO. The van der Waals surface area contributed by atoms with E-state index in [0.717, 1.165) is 0 Å². The first-order valence-electron chi connectivity index (χ1n) is 4.72. The van der Waals surface area contributed by atoms with E-state index in [1.165, 1.54) is 0 Å². The molecule has 0 heterocycles. The summed E-state index contributed by atoms with van der Waals surface area (Å²) in [5.41, 5.74) is 0. The minimum atomic E-state index is 0.0220. The summed E-state index contributed by atoms with van der Waals surface area (Å²) in [6.07, 6.45) is 0.404. The zero-order valence-corrected chi connectivity index (χ0v) is 8.45. The van der Waals surface area contributed by atoms with Crippen molar-refractivity contribution in [2.75, 3.05) is 32.9 Å². The second-order valence-electron chi connectivity index (χ2n) is 2.64. The summed E-state index contributed by atoms with van der Waals surface area (Å²) >= 11 is 0. The van der Waals surface area contributed by atoms with Crippen LogP contribution in [0.4, 0.5) is 0 Å². The van der Waals surface area contributed by atoms with Crippen LogP contribution in [0, 0.1) is 0 Å². The van der Waals surface area contributed by atoms with Gasteiger partial charge in [0.2, 0.25) is 5.91 Å². The maximum atomic E-state index is 11.4. The third-order valence-electron chi connectivity index (χ3n) is 1.77. The van der Waals surface area contributed by atoms with Crippen LogP contribution in [0.15, 0.2) is 0 Å². The molecule has 0 spiro atoms. The maximum absolute atomic E-state index is 11.4. The van der Waals surface area contributed by atoms with Gasteiger partial charge in [-0.05, 0) is 13.8 Å². The molecule has 0 unspecified atom stereocenters. The summed E-state index contributed by atoms with van der Waals surface area (Å²) in [5.74, 6) is 0.0463. The zero-order valence-electron chi connectivity index (χ0n) is 8.45. The van der Waals surface area contributed by atoms with Gasteiger partial charge in [-0.1, -0.05) is 0 Å². The topological polar surface area (TPSA) is 49.8 Å². The Morgan fingerprint density at radius 2 is 2.15 bits per heavy atom. The first-order chi connectivity index (χ1) is 6.26. The van der Waals surface area contributed by atoms with Crippen molar-refractivity contribution in [1.82, 2.24) is 4.90 Å². The number of amides is 1. The number of aliphatic hydroxyl groups is 1. The molecule has 0 aromatic heterocycles. The Morgan fingerprint density at radius 3 is 2.62 bits per heavy atom. The van der Waals surface area contributed by atoms with Crippen molar-refractivity contribution in [2.24, 2.45) is 0 Å². The van der Waals surface area contributed by atoms with Crippen LogP contribution in [0.3, 0.4) is 0 Å². The molecule has 0 atom stereocenters. The van der Waals surface area contributed by atoms with Crippen LogP contribution in [-0.2, 0) is 9.53 Å². The van der Waals surface area contributed by atoms with Crippen LogP contribution in [0.1, 0.15) is 20.3 Å². The average Bonchev–Trinajstić information content (AvgIpc) is 2.14. The molecule has 1 N–H and O–H groups in total. The zero-order chi connectivity index (χ0) is 10.1. The lowest BCUT2D eigenvalue weighted by Gasteiger charge is -2.19. The van der Waals surface area contributed by atoms with Crippen molar-refractivity contribution in [1.29, 1.82) is 0 Å². The Balaban J connectivity index is 3.64. The molecule has 0 rings (SSSR count). The van der Waals surface area contributed by atoms with Crippen molar-refractivity contribution in [3.05, 3.63) is 0 Å². The first kappa shape index (κ1) is 12.4.